The molecule has 1 amide bonds. The number of hydrogen-bond acceptors (Lipinski definition) is 7. The van der Waals surface area contributed by atoms with Crippen LogP contribution in [0.25, 0.3) is 20.4 Å². The largest absolute Gasteiger partial charge is 0.341 e. The van der Waals surface area contributed by atoms with E-state index < -0.39 is 0 Å². The second-order valence-electron chi connectivity index (χ2n) is 6.81. The predicted octanol–water partition coefficient (Wildman–Crippen LogP) is 4.80. The van der Waals surface area contributed by atoms with Gasteiger partial charge in [-0.15, -0.1) is 22.7 Å². The zero-order valence-electron chi connectivity index (χ0n) is 15.1. The van der Waals surface area contributed by atoms with E-state index >= 15 is 0 Å². The molecule has 1 saturated heterocycles. The molecule has 0 saturated carbocycles. The number of fused-ring (bicyclic) bond motifs is 2. The molecule has 5 nitrogen and oxygen atoms in total. The van der Waals surface area contributed by atoms with Gasteiger partial charge in [0.1, 0.15) is 16.2 Å². The Morgan fingerprint density at radius 2 is 2.18 bits per heavy atom. The third kappa shape index (κ3) is 3.52. The van der Waals surface area contributed by atoms with Gasteiger partial charge in [-0.05, 0) is 36.4 Å². The van der Waals surface area contributed by atoms with E-state index in [1.54, 1.807) is 29.0 Å². The normalized spacial score (nSPS) is 17.4. The fourth-order valence-electron chi connectivity index (χ4n) is 3.57. The van der Waals surface area contributed by atoms with Gasteiger partial charge < -0.3 is 4.90 Å². The molecule has 1 aliphatic rings. The smallest absolute Gasteiger partial charge is 0.233 e. The Labute approximate surface area is 174 Å². The molecule has 142 valence electrons. The summed E-state index contributed by atoms with van der Waals surface area (Å²) in [6.45, 7) is 1.59. The number of carbonyl (C=O) groups excluding carboxylic acids is 1. The van der Waals surface area contributed by atoms with E-state index in [0.717, 1.165) is 51.7 Å². The van der Waals surface area contributed by atoms with E-state index in [1.165, 1.54) is 16.5 Å². The van der Waals surface area contributed by atoms with Crippen molar-refractivity contribution in [2.75, 3.05) is 18.8 Å². The zero-order chi connectivity index (χ0) is 18.9. The number of carbonyl (C=O) groups is 1. The first-order chi connectivity index (χ1) is 13.8. The van der Waals surface area contributed by atoms with Crippen molar-refractivity contribution in [1.82, 2.24) is 19.9 Å². The molecule has 0 spiro atoms. The van der Waals surface area contributed by atoms with Gasteiger partial charge in [-0.1, -0.05) is 23.9 Å². The van der Waals surface area contributed by atoms with E-state index in [-0.39, 0.29) is 5.91 Å². The first-order valence-electron chi connectivity index (χ1n) is 9.22. The van der Waals surface area contributed by atoms with E-state index in [2.05, 4.69) is 28.2 Å². The quantitative estimate of drug-likeness (QED) is 0.347. The maximum absolute atomic E-state index is 12.8. The molecule has 1 aliphatic heterocycles. The van der Waals surface area contributed by atoms with Gasteiger partial charge in [-0.3, -0.25) is 4.79 Å². The lowest BCUT2D eigenvalue weighted by atomic mass is 9.99. The zero-order valence-corrected chi connectivity index (χ0v) is 17.5. The van der Waals surface area contributed by atoms with Crippen LogP contribution in [0, 0.1) is 0 Å². The number of thiazole rings is 1. The number of rotatable bonds is 4. The lowest BCUT2D eigenvalue weighted by molar-refractivity contribution is -0.129. The molecular weight excluding hydrogens is 408 g/mol. The molecule has 3 aromatic heterocycles. The van der Waals surface area contributed by atoms with Crippen LogP contribution in [-0.4, -0.2) is 44.6 Å². The number of piperidine rings is 1. The Kier molecular flexibility index (Phi) is 5.00. The first kappa shape index (κ1) is 18.0. The van der Waals surface area contributed by atoms with E-state index in [4.69, 9.17) is 4.98 Å². The highest BCUT2D eigenvalue weighted by Gasteiger charge is 2.27. The highest BCUT2D eigenvalue weighted by molar-refractivity contribution is 8.00. The minimum atomic E-state index is 0.179. The summed E-state index contributed by atoms with van der Waals surface area (Å²) in [6, 6.07) is 10.3. The maximum Gasteiger partial charge on any atom is 0.233 e. The molecule has 0 aliphatic carbocycles. The molecule has 8 heteroatoms. The molecule has 1 aromatic carbocycles. The summed E-state index contributed by atoms with van der Waals surface area (Å²) < 4.78 is 1.22. The van der Waals surface area contributed by atoms with Crippen molar-refractivity contribution >= 4 is 60.8 Å². The lowest BCUT2D eigenvalue weighted by Gasteiger charge is -2.31. The van der Waals surface area contributed by atoms with E-state index in [1.807, 2.05) is 22.4 Å². The maximum atomic E-state index is 12.8. The van der Waals surface area contributed by atoms with E-state index in [0.29, 0.717) is 11.7 Å². The SMILES string of the molecule is O=C(CSc1ncnc2sccc12)N1CCCC(c2nc3ccccc3s2)C1. The molecule has 1 fully saturated rings. The van der Waals surface area contributed by atoms with Crippen molar-refractivity contribution in [1.29, 1.82) is 0 Å². The molecule has 4 heterocycles. The topological polar surface area (TPSA) is 59.0 Å². The van der Waals surface area contributed by atoms with Crippen LogP contribution in [0.1, 0.15) is 23.8 Å². The minimum absolute atomic E-state index is 0.179. The number of hydrogen-bond donors (Lipinski definition) is 0. The van der Waals surface area contributed by atoms with Gasteiger partial charge in [-0.25, -0.2) is 15.0 Å². The van der Waals surface area contributed by atoms with Crippen LogP contribution in [0.15, 0.2) is 47.1 Å². The molecule has 1 atom stereocenters. The van der Waals surface area contributed by atoms with Crippen molar-refractivity contribution in [3.8, 4) is 0 Å². The standard InChI is InChI=1S/C20H18N4OS3/c25-17(11-27-20-14-7-9-26-19(14)21-12-22-20)24-8-3-4-13(10-24)18-23-15-5-1-2-6-16(15)28-18/h1-2,5-7,9,12-13H,3-4,8,10-11H2. The molecule has 1 unspecified atom stereocenters. The molecule has 5 rings (SSSR count). The molecular formula is C20H18N4OS3. The highest BCUT2D eigenvalue weighted by atomic mass is 32.2. The van der Waals surface area contributed by atoms with Crippen molar-refractivity contribution < 1.29 is 4.79 Å². The lowest BCUT2D eigenvalue weighted by Crippen LogP contribution is -2.40. The van der Waals surface area contributed by atoms with E-state index in [9.17, 15) is 4.79 Å². The van der Waals surface area contributed by atoms with Gasteiger partial charge in [0, 0.05) is 24.4 Å². The predicted molar refractivity (Wildman–Crippen MR) is 116 cm³/mol. The Hall–Kier alpha value is -2.03. The number of para-hydroxylation sites is 1. The van der Waals surface area contributed by atoms with Crippen LogP contribution in [0.3, 0.4) is 0 Å². The van der Waals surface area contributed by atoms with Crippen molar-refractivity contribution in [3.63, 3.8) is 0 Å². The Morgan fingerprint density at radius 3 is 3.11 bits per heavy atom. The summed E-state index contributed by atoms with van der Waals surface area (Å²) in [4.78, 5) is 29.3. The molecule has 28 heavy (non-hydrogen) atoms. The highest BCUT2D eigenvalue weighted by Crippen LogP contribution is 2.33. The summed E-state index contributed by atoms with van der Waals surface area (Å²) in [7, 11) is 0. The molecule has 0 N–H and O–H groups in total. The summed E-state index contributed by atoms with van der Waals surface area (Å²) >= 11 is 4.87. The Balaban J connectivity index is 1.26. The first-order valence-corrected chi connectivity index (χ1v) is 11.9. The summed E-state index contributed by atoms with van der Waals surface area (Å²) in [6.07, 6.45) is 3.70. The second-order valence-corrected chi connectivity index (χ2v) is 9.73. The van der Waals surface area contributed by atoms with Crippen LogP contribution >= 0.6 is 34.4 Å². The van der Waals surface area contributed by atoms with Gasteiger partial charge in [0.15, 0.2) is 0 Å². The van der Waals surface area contributed by atoms with Crippen molar-refractivity contribution in [3.05, 3.63) is 47.0 Å². The summed E-state index contributed by atoms with van der Waals surface area (Å²) in [5, 5.41) is 5.09. The number of thiophene rings is 1. The van der Waals surface area contributed by atoms with Gasteiger partial charge in [0.2, 0.25) is 5.91 Å². The second kappa shape index (κ2) is 7.77. The number of benzene rings is 1. The fraction of sp³-hybridized carbons (Fsp3) is 0.300. The monoisotopic (exact) mass is 426 g/mol. The number of aromatic nitrogens is 3. The molecule has 4 aromatic rings. The van der Waals surface area contributed by atoms with Crippen LogP contribution in [0.5, 0.6) is 0 Å². The fourth-order valence-corrected chi connectivity index (χ4v) is 6.35. The average molecular weight is 427 g/mol. The van der Waals surface area contributed by atoms with Crippen LogP contribution in [0.4, 0.5) is 0 Å². The van der Waals surface area contributed by atoms with Gasteiger partial charge in [0.05, 0.1) is 21.0 Å². The molecule has 0 bridgehead atoms. The average Bonchev–Trinajstić information content (AvgIpc) is 3.39. The Bertz CT molecular complexity index is 1110. The number of thioether (sulfide) groups is 1. The summed E-state index contributed by atoms with van der Waals surface area (Å²) in [5.41, 5.74) is 1.06. The van der Waals surface area contributed by atoms with Gasteiger partial charge in [0.25, 0.3) is 0 Å². The minimum Gasteiger partial charge on any atom is -0.341 e. The molecule has 0 radical (unpaired) electrons. The van der Waals surface area contributed by atoms with Gasteiger partial charge >= 0.3 is 0 Å². The number of nitrogens with zero attached hydrogens (tertiary/aromatic N) is 4. The van der Waals surface area contributed by atoms with Crippen LogP contribution < -0.4 is 0 Å². The third-order valence-corrected chi connectivity index (χ3v) is 8.00. The van der Waals surface area contributed by atoms with Crippen molar-refractivity contribution in [2.45, 2.75) is 23.8 Å². The van der Waals surface area contributed by atoms with Crippen LogP contribution in [-0.2, 0) is 4.79 Å². The Morgan fingerprint density at radius 1 is 1.25 bits per heavy atom. The third-order valence-electron chi connectivity index (χ3n) is 4.99. The summed E-state index contributed by atoms with van der Waals surface area (Å²) in [5.74, 6) is 0.926. The number of amides is 1. The van der Waals surface area contributed by atoms with Gasteiger partial charge in [-0.2, -0.15) is 0 Å². The van der Waals surface area contributed by atoms with Crippen LogP contribution in [0.2, 0.25) is 0 Å². The van der Waals surface area contributed by atoms with Crippen molar-refractivity contribution in [2.24, 2.45) is 0 Å². The number of likely N-dealkylation sites (tertiary alicyclic amines) is 1.